The fraction of sp³-hybridized carbons (Fsp3) is 0.235. The lowest BCUT2D eigenvalue weighted by atomic mass is 9.92. The van der Waals surface area contributed by atoms with E-state index in [-0.39, 0.29) is 11.9 Å². The predicted octanol–water partition coefficient (Wildman–Crippen LogP) is 3.40. The third kappa shape index (κ3) is 2.40. The van der Waals surface area contributed by atoms with Crippen molar-refractivity contribution in [1.82, 2.24) is 0 Å². The molecule has 0 saturated carbocycles. The Hall–Kier alpha value is -2.20. The molecule has 1 aliphatic heterocycles. The molecule has 5 heteroatoms. The molecule has 1 heterocycles. The van der Waals surface area contributed by atoms with E-state index in [0.717, 1.165) is 22.7 Å². The summed E-state index contributed by atoms with van der Waals surface area (Å²) in [6, 6.07) is 14.8. The molecule has 1 fully saturated rings. The molecule has 3 rings (SSSR count). The van der Waals surface area contributed by atoms with Gasteiger partial charge in [0.05, 0.1) is 20.3 Å². The number of carbonyl (C=O) groups is 1. The van der Waals surface area contributed by atoms with E-state index < -0.39 is 5.38 Å². The van der Waals surface area contributed by atoms with Gasteiger partial charge in [0.2, 0.25) is 5.91 Å². The molecule has 22 heavy (non-hydrogen) atoms. The highest BCUT2D eigenvalue weighted by atomic mass is 35.5. The summed E-state index contributed by atoms with van der Waals surface area (Å²) in [5.74, 6) is 1.43. The number of methoxy groups -OCH3 is 2. The van der Waals surface area contributed by atoms with Gasteiger partial charge >= 0.3 is 0 Å². The molecule has 114 valence electrons. The standard InChI is InChI=1S/C17H16ClNO3/c1-21-13-7-3-11(4-8-13)16-15(18)17(20)19(16)12-5-9-14(22-2)10-6-12/h3-10,15-16H,1-2H3/t15-,16-/m1/s1. The fourth-order valence-electron chi connectivity index (χ4n) is 2.60. The summed E-state index contributed by atoms with van der Waals surface area (Å²) in [5.41, 5.74) is 1.79. The third-order valence-electron chi connectivity index (χ3n) is 3.84. The van der Waals surface area contributed by atoms with Crippen molar-refractivity contribution >= 4 is 23.2 Å². The van der Waals surface area contributed by atoms with Crippen LogP contribution >= 0.6 is 11.6 Å². The summed E-state index contributed by atoms with van der Waals surface area (Å²) in [6.07, 6.45) is 0. The van der Waals surface area contributed by atoms with Crippen molar-refractivity contribution in [2.24, 2.45) is 0 Å². The normalized spacial score (nSPS) is 20.5. The summed E-state index contributed by atoms with van der Waals surface area (Å²) >= 11 is 6.23. The van der Waals surface area contributed by atoms with Crippen LogP contribution in [0.2, 0.25) is 0 Å². The topological polar surface area (TPSA) is 38.8 Å². The number of anilines is 1. The van der Waals surface area contributed by atoms with Crippen LogP contribution in [0.5, 0.6) is 11.5 Å². The largest absolute Gasteiger partial charge is 0.497 e. The first-order chi connectivity index (χ1) is 10.7. The van der Waals surface area contributed by atoms with Crippen LogP contribution in [0.3, 0.4) is 0 Å². The predicted molar refractivity (Wildman–Crippen MR) is 85.9 cm³/mol. The molecule has 0 radical (unpaired) electrons. The Morgan fingerprint density at radius 1 is 0.909 bits per heavy atom. The Kier molecular flexibility index (Phi) is 3.94. The van der Waals surface area contributed by atoms with Gasteiger partial charge in [0.25, 0.3) is 0 Å². The lowest BCUT2D eigenvalue weighted by molar-refractivity contribution is -0.123. The maximum atomic E-state index is 12.2. The Balaban J connectivity index is 1.89. The lowest BCUT2D eigenvalue weighted by Crippen LogP contribution is -2.56. The third-order valence-corrected chi connectivity index (χ3v) is 4.26. The number of hydrogen-bond donors (Lipinski definition) is 0. The van der Waals surface area contributed by atoms with E-state index >= 15 is 0 Å². The number of hydrogen-bond acceptors (Lipinski definition) is 3. The van der Waals surface area contributed by atoms with E-state index in [2.05, 4.69) is 0 Å². The van der Waals surface area contributed by atoms with Crippen LogP contribution in [-0.2, 0) is 4.79 Å². The van der Waals surface area contributed by atoms with Crippen LogP contribution in [0.1, 0.15) is 11.6 Å². The number of carbonyl (C=O) groups excluding carboxylic acids is 1. The highest BCUT2D eigenvalue weighted by molar-refractivity contribution is 6.37. The van der Waals surface area contributed by atoms with Crippen LogP contribution in [0, 0.1) is 0 Å². The number of β-lactam (4-membered cyclic amide) rings is 1. The van der Waals surface area contributed by atoms with Crippen LogP contribution in [-0.4, -0.2) is 25.5 Å². The van der Waals surface area contributed by atoms with E-state index in [1.807, 2.05) is 48.5 Å². The van der Waals surface area contributed by atoms with Crippen LogP contribution in [0.4, 0.5) is 5.69 Å². The highest BCUT2D eigenvalue weighted by Gasteiger charge is 2.47. The van der Waals surface area contributed by atoms with E-state index in [4.69, 9.17) is 21.1 Å². The maximum Gasteiger partial charge on any atom is 0.248 e. The summed E-state index contributed by atoms with van der Waals surface area (Å²) in [6.45, 7) is 0. The van der Waals surface area contributed by atoms with Crippen LogP contribution in [0.15, 0.2) is 48.5 Å². The molecule has 0 unspecified atom stereocenters. The number of alkyl halides is 1. The molecule has 1 saturated heterocycles. The van der Waals surface area contributed by atoms with E-state index in [9.17, 15) is 4.79 Å². The zero-order valence-electron chi connectivity index (χ0n) is 12.3. The van der Waals surface area contributed by atoms with Crippen molar-refractivity contribution in [2.75, 3.05) is 19.1 Å². The smallest absolute Gasteiger partial charge is 0.248 e. The van der Waals surface area contributed by atoms with Gasteiger partial charge in [-0.05, 0) is 42.0 Å². The first-order valence-corrected chi connectivity index (χ1v) is 7.34. The zero-order chi connectivity index (χ0) is 15.7. The van der Waals surface area contributed by atoms with Gasteiger partial charge in [-0.25, -0.2) is 0 Å². The van der Waals surface area contributed by atoms with E-state index in [0.29, 0.717) is 0 Å². The quantitative estimate of drug-likeness (QED) is 0.641. The Bertz CT molecular complexity index is 669. The molecule has 4 nitrogen and oxygen atoms in total. The van der Waals surface area contributed by atoms with Gasteiger partial charge in [0, 0.05) is 5.69 Å². The number of halogens is 1. The van der Waals surface area contributed by atoms with Gasteiger partial charge < -0.3 is 14.4 Å². The average molecular weight is 318 g/mol. The van der Waals surface area contributed by atoms with Crippen molar-refractivity contribution in [3.8, 4) is 11.5 Å². The minimum atomic E-state index is -0.546. The molecule has 2 aromatic rings. The number of benzene rings is 2. The Morgan fingerprint density at radius 2 is 1.41 bits per heavy atom. The van der Waals surface area contributed by atoms with Gasteiger partial charge in [-0.2, -0.15) is 0 Å². The maximum absolute atomic E-state index is 12.2. The van der Waals surface area contributed by atoms with Gasteiger partial charge in [-0.3, -0.25) is 4.79 Å². The van der Waals surface area contributed by atoms with Crippen molar-refractivity contribution in [3.63, 3.8) is 0 Å². The number of amides is 1. The molecule has 0 aromatic heterocycles. The van der Waals surface area contributed by atoms with E-state index in [1.165, 1.54) is 0 Å². The van der Waals surface area contributed by atoms with Gasteiger partial charge in [-0.1, -0.05) is 12.1 Å². The molecular weight excluding hydrogens is 302 g/mol. The molecule has 0 aliphatic carbocycles. The SMILES string of the molecule is COc1ccc([C@@H]2[C@@H](Cl)C(=O)N2c2ccc(OC)cc2)cc1. The lowest BCUT2D eigenvalue weighted by Gasteiger charge is -2.44. The van der Waals surface area contributed by atoms with Crippen molar-refractivity contribution < 1.29 is 14.3 Å². The second-order valence-corrected chi connectivity index (χ2v) is 5.50. The first kappa shape index (κ1) is 14.7. The van der Waals surface area contributed by atoms with Crippen molar-refractivity contribution in [1.29, 1.82) is 0 Å². The van der Waals surface area contributed by atoms with Crippen molar-refractivity contribution in [2.45, 2.75) is 11.4 Å². The minimum absolute atomic E-state index is 0.0901. The highest BCUT2D eigenvalue weighted by Crippen LogP contribution is 2.42. The van der Waals surface area contributed by atoms with Gasteiger partial charge in [0.1, 0.15) is 16.9 Å². The van der Waals surface area contributed by atoms with Gasteiger partial charge in [-0.15, -0.1) is 11.6 Å². The summed E-state index contributed by atoms with van der Waals surface area (Å²) < 4.78 is 10.3. The van der Waals surface area contributed by atoms with Crippen molar-refractivity contribution in [3.05, 3.63) is 54.1 Å². The number of ether oxygens (including phenoxy) is 2. The van der Waals surface area contributed by atoms with Gasteiger partial charge in [0.15, 0.2) is 0 Å². The summed E-state index contributed by atoms with van der Waals surface area (Å²) in [4.78, 5) is 13.9. The monoisotopic (exact) mass is 317 g/mol. The van der Waals surface area contributed by atoms with E-state index in [1.54, 1.807) is 19.1 Å². The fourth-order valence-corrected chi connectivity index (χ4v) is 2.97. The Labute approximate surface area is 134 Å². The number of nitrogens with zero attached hydrogens (tertiary/aromatic N) is 1. The molecule has 1 amide bonds. The minimum Gasteiger partial charge on any atom is -0.497 e. The second-order valence-electron chi connectivity index (χ2n) is 5.03. The molecular formula is C17H16ClNO3. The zero-order valence-corrected chi connectivity index (χ0v) is 13.1. The first-order valence-electron chi connectivity index (χ1n) is 6.91. The Morgan fingerprint density at radius 3 is 1.91 bits per heavy atom. The van der Waals surface area contributed by atoms with Crippen LogP contribution < -0.4 is 14.4 Å². The molecule has 0 spiro atoms. The van der Waals surface area contributed by atoms with Crippen LogP contribution in [0.25, 0.3) is 0 Å². The second kappa shape index (κ2) is 5.89. The molecule has 1 aliphatic rings. The summed E-state index contributed by atoms with van der Waals surface area (Å²) in [5, 5.41) is -0.546. The molecule has 0 N–H and O–H groups in total. The average Bonchev–Trinajstić information content (AvgIpc) is 2.59. The molecule has 0 bridgehead atoms. The molecule has 2 atom stereocenters. The summed E-state index contributed by atoms with van der Waals surface area (Å²) in [7, 11) is 3.23. The number of rotatable bonds is 4. The molecule has 2 aromatic carbocycles.